The van der Waals surface area contributed by atoms with Crippen molar-refractivity contribution in [1.29, 1.82) is 0 Å². The quantitative estimate of drug-likeness (QED) is 0.272. The van der Waals surface area contributed by atoms with Crippen molar-refractivity contribution in [3.63, 3.8) is 0 Å². The number of fused-ring (bicyclic) bond motifs is 2. The second-order valence-corrected chi connectivity index (χ2v) is 14.2. The Kier molecular flexibility index (Phi) is 6.29. The van der Waals surface area contributed by atoms with Crippen LogP contribution in [-0.4, -0.2) is 23.2 Å². The highest BCUT2D eigenvalue weighted by molar-refractivity contribution is 7.92. The highest BCUT2D eigenvalue weighted by atomic mass is 32.2. The van der Waals surface area contributed by atoms with E-state index in [1.54, 1.807) is 12.1 Å². The van der Waals surface area contributed by atoms with Crippen molar-refractivity contribution >= 4 is 9.84 Å². The minimum absolute atomic E-state index is 0.246. The zero-order valence-electron chi connectivity index (χ0n) is 22.8. The predicted molar refractivity (Wildman–Crippen MR) is 152 cm³/mol. The Labute approximate surface area is 230 Å². The topological polar surface area (TPSA) is 52.0 Å². The first-order valence-electron chi connectivity index (χ1n) is 13.8. The molecule has 2 heterocycles. The smallest absolute Gasteiger partial charge is 0.181 e. The predicted octanol–water partition coefficient (Wildman–Crippen LogP) is 7.03. The second kappa shape index (κ2) is 9.44. The average molecular weight is 543 g/mol. The molecule has 0 radical (unpaired) electrons. The third-order valence-electron chi connectivity index (χ3n) is 9.69. The number of aryl methyl sites for hydroxylation is 1. The van der Waals surface area contributed by atoms with Gasteiger partial charge in [-0.15, -0.1) is 0 Å². The molecule has 0 saturated heterocycles. The van der Waals surface area contributed by atoms with E-state index >= 15 is 0 Å². The number of pyridine rings is 1. The van der Waals surface area contributed by atoms with Gasteiger partial charge in [0, 0.05) is 34.9 Å². The van der Waals surface area contributed by atoms with Crippen LogP contribution < -0.4 is 0 Å². The third-order valence-corrected chi connectivity index (χ3v) is 11.9. The van der Waals surface area contributed by atoms with Crippen LogP contribution >= 0.6 is 0 Å². The Hall–Kier alpha value is -3.25. The summed E-state index contributed by atoms with van der Waals surface area (Å²) in [5.41, 5.74) is 4.86. The minimum Gasteiger partial charge on any atom is -0.321 e. The van der Waals surface area contributed by atoms with Crippen LogP contribution in [-0.2, 0) is 28.1 Å². The number of aromatic nitrogens is 2. The van der Waals surface area contributed by atoms with Crippen molar-refractivity contribution in [1.82, 2.24) is 9.55 Å². The van der Waals surface area contributed by atoms with E-state index in [4.69, 9.17) is 4.98 Å². The number of hydrogen-bond acceptors (Lipinski definition) is 3. The highest BCUT2D eigenvalue weighted by Gasteiger charge is 2.58. The standard InChI is InChI=1S/C33H35FN2O2S/c1-23-7-14-28(15-8-23)39(37,38)29-16-9-25-20-30-24(17-19-36(30)27-12-10-26(34)11-13-27)21-33(25,22-29)32(2,3)31-6-4-5-18-35-31/h4-8,10-15,17-19,25,29H,9,16,20-22H2,1-3H3/t25?,29-,33-/m0/s1. The molecule has 2 aliphatic rings. The van der Waals surface area contributed by atoms with Crippen LogP contribution in [0, 0.1) is 24.1 Å². The highest BCUT2D eigenvalue weighted by Crippen LogP contribution is 2.60. The fourth-order valence-corrected chi connectivity index (χ4v) is 9.19. The van der Waals surface area contributed by atoms with Gasteiger partial charge in [-0.3, -0.25) is 4.98 Å². The zero-order chi connectivity index (χ0) is 27.4. The molecule has 2 aromatic heterocycles. The summed E-state index contributed by atoms with van der Waals surface area (Å²) in [4.78, 5) is 5.21. The van der Waals surface area contributed by atoms with Gasteiger partial charge in [0.2, 0.25) is 0 Å². The van der Waals surface area contributed by atoms with Gasteiger partial charge in [-0.2, -0.15) is 0 Å². The summed E-state index contributed by atoms with van der Waals surface area (Å²) in [6.45, 7) is 6.49. The molecule has 0 aliphatic heterocycles. The largest absolute Gasteiger partial charge is 0.321 e. The Morgan fingerprint density at radius 2 is 1.72 bits per heavy atom. The third kappa shape index (κ3) is 4.24. The van der Waals surface area contributed by atoms with Crippen molar-refractivity contribution in [2.24, 2.45) is 11.3 Å². The molecule has 4 nitrogen and oxygen atoms in total. The fourth-order valence-electron chi connectivity index (χ4n) is 7.32. The van der Waals surface area contributed by atoms with Gasteiger partial charge >= 0.3 is 0 Å². The average Bonchev–Trinajstić information content (AvgIpc) is 3.34. The van der Waals surface area contributed by atoms with Gasteiger partial charge in [0.1, 0.15) is 5.82 Å². The number of rotatable bonds is 5. The molecular formula is C33H35FN2O2S. The summed E-state index contributed by atoms with van der Waals surface area (Å²) in [6.07, 6.45) is 7.63. The van der Waals surface area contributed by atoms with E-state index in [2.05, 4.69) is 36.7 Å². The number of nitrogens with zero attached hydrogens (tertiary/aromatic N) is 2. The molecule has 6 heteroatoms. The lowest BCUT2D eigenvalue weighted by Gasteiger charge is -2.57. The Balaban J connectivity index is 1.45. The van der Waals surface area contributed by atoms with Crippen LogP contribution in [0.2, 0.25) is 0 Å². The van der Waals surface area contributed by atoms with E-state index < -0.39 is 15.1 Å². The monoisotopic (exact) mass is 542 g/mol. The van der Waals surface area contributed by atoms with Gasteiger partial charge in [-0.1, -0.05) is 37.6 Å². The van der Waals surface area contributed by atoms with Crippen LogP contribution in [0.5, 0.6) is 0 Å². The van der Waals surface area contributed by atoms with Gasteiger partial charge in [0.15, 0.2) is 9.84 Å². The molecule has 2 aromatic carbocycles. The molecule has 39 heavy (non-hydrogen) atoms. The Bertz CT molecular complexity index is 1590. The number of halogens is 1. The summed E-state index contributed by atoms with van der Waals surface area (Å²) in [5.74, 6) is 0.0459. The van der Waals surface area contributed by atoms with Crippen molar-refractivity contribution in [2.45, 2.75) is 68.4 Å². The van der Waals surface area contributed by atoms with Crippen molar-refractivity contribution < 1.29 is 12.8 Å². The number of sulfone groups is 1. The maximum Gasteiger partial charge on any atom is 0.181 e. The Morgan fingerprint density at radius 1 is 0.974 bits per heavy atom. The second-order valence-electron chi connectivity index (χ2n) is 12.0. The first kappa shape index (κ1) is 26.0. The molecule has 202 valence electrons. The van der Waals surface area contributed by atoms with Gasteiger partial charge in [0.05, 0.1) is 10.1 Å². The van der Waals surface area contributed by atoms with Crippen molar-refractivity contribution in [3.05, 3.63) is 114 Å². The van der Waals surface area contributed by atoms with Crippen molar-refractivity contribution in [3.8, 4) is 5.69 Å². The Morgan fingerprint density at radius 3 is 2.41 bits per heavy atom. The van der Waals surface area contributed by atoms with Gasteiger partial charge < -0.3 is 4.57 Å². The normalized spacial score (nSPS) is 23.2. The van der Waals surface area contributed by atoms with E-state index in [9.17, 15) is 12.8 Å². The zero-order valence-corrected chi connectivity index (χ0v) is 23.6. The maximum atomic E-state index is 14.0. The van der Waals surface area contributed by atoms with E-state index in [1.807, 2.05) is 49.5 Å². The first-order chi connectivity index (χ1) is 18.6. The van der Waals surface area contributed by atoms with Crippen molar-refractivity contribution in [2.75, 3.05) is 0 Å². The molecule has 3 atom stereocenters. The molecular weight excluding hydrogens is 507 g/mol. The lowest BCUT2D eigenvalue weighted by Crippen LogP contribution is -2.56. The van der Waals surface area contributed by atoms with Gasteiger partial charge in [-0.25, -0.2) is 12.8 Å². The lowest BCUT2D eigenvalue weighted by molar-refractivity contribution is 0.00520. The van der Waals surface area contributed by atoms with Gasteiger partial charge in [0.25, 0.3) is 0 Å². The summed E-state index contributed by atoms with van der Waals surface area (Å²) in [7, 11) is -3.49. The van der Waals surface area contributed by atoms with Crippen LogP contribution in [0.15, 0.2) is 90.1 Å². The lowest BCUT2D eigenvalue weighted by atomic mass is 9.48. The fraction of sp³-hybridized carbons (Fsp3) is 0.364. The van der Waals surface area contributed by atoms with Crippen LogP contribution in [0.3, 0.4) is 0 Å². The number of benzene rings is 2. The number of hydrogen-bond donors (Lipinski definition) is 0. The van der Waals surface area contributed by atoms with Crippen LogP contribution in [0.1, 0.15) is 55.6 Å². The van der Waals surface area contributed by atoms with E-state index in [0.29, 0.717) is 23.7 Å². The SMILES string of the molecule is Cc1ccc(S(=O)(=O)[C@H]2CCC3Cc4c(ccn4-c4ccc(F)cc4)C[C@]3(C(C)(C)c3ccccn3)C2)cc1. The molecule has 2 aliphatic carbocycles. The van der Waals surface area contributed by atoms with E-state index in [-0.39, 0.29) is 16.6 Å². The minimum atomic E-state index is -3.49. The first-order valence-corrected chi connectivity index (χ1v) is 15.3. The van der Waals surface area contributed by atoms with Gasteiger partial charge in [-0.05, 0) is 111 Å². The molecule has 6 rings (SSSR count). The molecule has 0 bridgehead atoms. The van der Waals surface area contributed by atoms with Crippen LogP contribution in [0.25, 0.3) is 5.69 Å². The molecule has 1 unspecified atom stereocenters. The van der Waals surface area contributed by atoms with E-state index in [1.165, 1.54) is 23.4 Å². The molecule has 1 fully saturated rings. The molecule has 0 N–H and O–H groups in total. The molecule has 0 spiro atoms. The summed E-state index contributed by atoms with van der Waals surface area (Å²) in [6, 6.07) is 22.1. The van der Waals surface area contributed by atoms with E-state index in [0.717, 1.165) is 36.2 Å². The summed E-state index contributed by atoms with van der Waals surface area (Å²) < 4.78 is 43.8. The van der Waals surface area contributed by atoms with Crippen LogP contribution in [0.4, 0.5) is 4.39 Å². The molecule has 0 amide bonds. The molecule has 4 aromatic rings. The summed E-state index contributed by atoms with van der Waals surface area (Å²) >= 11 is 0. The summed E-state index contributed by atoms with van der Waals surface area (Å²) in [5, 5.41) is -0.444. The maximum absolute atomic E-state index is 14.0. The molecule has 1 saturated carbocycles.